The average molecular weight is 241 g/mol. The molecule has 0 fully saturated rings. The lowest BCUT2D eigenvalue weighted by Gasteiger charge is -2.04. The van der Waals surface area contributed by atoms with Gasteiger partial charge in [-0.15, -0.1) is 0 Å². The fourth-order valence-corrected chi connectivity index (χ4v) is 2.34. The molecule has 92 valence electrons. The largest absolute Gasteiger partial charge is 0.329 e. The van der Waals surface area contributed by atoms with Gasteiger partial charge in [0.15, 0.2) is 5.16 Å². The van der Waals surface area contributed by atoms with Crippen molar-refractivity contribution >= 4 is 11.8 Å². The number of hydrogen-bond donors (Lipinski definition) is 1. The van der Waals surface area contributed by atoms with Crippen LogP contribution in [0.1, 0.15) is 32.6 Å². The summed E-state index contributed by atoms with van der Waals surface area (Å²) in [6.45, 7) is 4.47. The molecule has 0 aromatic carbocycles. The molecule has 0 amide bonds. The lowest BCUT2D eigenvalue weighted by Crippen LogP contribution is -2.18. The Bertz CT molecular complexity index is 273. The molecule has 0 radical (unpaired) electrons. The summed E-state index contributed by atoms with van der Waals surface area (Å²) in [7, 11) is 2.04. The minimum Gasteiger partial charge on any atom is -0.329 e. The second-order valence-electron chi connectivity index (χ2n) is 3.98. The molecule has 1 N–H and O–H groups in total. The van der Waals surface area contributed by atoms with Gasteiger partial charge in [-0.3, -0.25) is 0 Å². The van der Waals surface area contributed by atoms with Gasteiger partial charge in [0.25, 0.3) is 0 Å². The van der Waals surface area contributed by atoms with Crippen LogP contribution in [0.25, 0.3) is 0 Å². The van der Waals surface area contributed by atoms with Gasteiger partial charge >= 0.3 is 0 Å². The van der Waals surface area contributed by atoms with E-state index in [9.17, 15) is 0 Å². The highest BCUT2D eigenvalue weighted by Gasteiger charge is 1.98. The summed E-state index contributed by atoms with van der Waals surface area (Å²) < 4.78 is 2.06. The Kier molecular flexibility index (Phi) is 7.34. The Morgan fingerprint density at radius 2 is 2.19 bits per heavy atom. The minimum absolute atomic E-state index is 1.07. The molecule has 0 spiro atoms. The van der Waals surface area contributed by atoms with Gasteiger partial charge in [0.1, 0.15) is 0 Å². The number of unbranched alkanes of at least 4 members (excludes halogenated alkanes) is 3. The van der Waals surface area contributed by atoms with Gasteiger partial charge < -0.3 is 9.88 Å². The van der Waals surface area contributed by atoms with Crippen LogP contribution in [0.4, 0.5) is 0 Å². The van der Waals surface area contributed by atoms with Crippen molar-refractivity contribution in [2.24, 2.45) is 7.05 Å². The van der Waals surface area contributed by atoms with E-state index in [4.69, 9.17) is 0 Å². The summed E-state index contributed by atoms with van der Waals surface area (Å²) in [6, 6.07) is 0. The summed E-state index contributed by atoms with van der Waals surface area (Å²) in [6.07, 6.45) is 9.18. The number of aryl methyl sites for hydroxylation is 1. The van der Waals surface area contributed by atoms with E-state index in [1.165, 1.54) is 25.7 Å². The summed E-state index contributed by atoms with van der Waals surface area (Å²) >= 11 is 1.81. The Morgan fingerprint density at radius 1 is 1.31 bits per heavy atom. The quantitative estimate of drug-likeness (QED) is 0.532. The standard InChI is InChI=1S/C12H23N3S/c1-3-4-5-6-7-13-9-11-16-12-14-8-10-15(12)2/h8,10,13H,3-7,9,11H2,1-2H3. The van der Waals surface area contributed by atoms with E-state index < -0.39 is 0 Å². The third-order valence-corrected chi connectivity index (χ3v) is 3.55. The molecule has 0 unspecified atom stereocenters. The Hall–Kier alpha value is -0.480. The molecule has 1 aromatic heterocycles. The SMILES string of the molecule is CCCCCCNCCSc1nccn1C. The Labute approximate surface area is 103 Å². The van der Waals surface area contributed by atoms with Crippen molar-refractivity contribution < 1.29 is 0 Å². The monoisotopic (exact) mass is 241 g/mol. The topological polar surface area (TPSA) is 29.9 Å². The van der Waals surface area contributed by atoms with Crippen LogP contribution in [0.15, 0.2) is 17.6 Å². The molecular weight excluding hydrogens is 218 g/mol. The first-order valence-electron chi connectivity index (χ1n) is 6.15. The summed E-state index contributed by atoms with van der Waals surface area (Å²) in [5, 5.41) is 4.57. The van der Waals surface area contributed by atoms with Crippen LogP contribution in [0.2, 0.25) is 0 Å². The first-order chi connectivity index (χ1) is 7.84. The van der Waals surface area contributed by atoms with Crippen LogP contribution in [0.3, 0.4) is 0 Å². The van der Waals surface area contributed by atoms with Crippen LogP contribution in [0, 0.1) is 0 Å². The molecule has 16 heavy (non-hydrogen) atoms. The van der Waals surface area contributed by atoms with Crippen molar-refractivity contribution in [3.05, 3.63) is 12.4 Å². The van der Waals surface area contributed by atoms with Gasteiger partial charge in [-0.1, -0.05) is 37.9 Å². The summed E-state index contributed by atoms with van der Waals surface area (Å²) in [4.78, 5) is 4.27. The highest BCUT2D eigenvalue weighted by molar-refractivity contribution is 7.99. The number of thioether (sulfide) groups is 1. The number of nitrogens with zero attached hydrogens (tertiary/aromatic N) is 2. The highest BCUT2D eigenvalue weighted by Crippen LogP contribution is 2.12. The smallest absolute Gasteiger partial charge is 0.167 e. The van der Waals surface area contributed by atoms with Crippen molar-refractivity contribution in [1.82, 2.24) is 14.9 Å². The van der Waals surface area contributed by atoms with E-state index in [0.717, 1.165) is 24.0 Å². The van der Waals surface area contributed by atoms with Gasteiger partial charge in [0, 0.05) is 31.7 Å². The van der Waals surface area contributed by atoms with E-state index in [2.05, 4.69) is 21.8 Å². The second kappa shape index (κ2) is 8.65. The lowest BCUT2D eigenvalue weighted by molar-refractivity contribution is 0.612. The van der Waals surface area contributed by atoms with E-state index in [-0.39, 0.29) is 0 Å². The normalized spacial score (nSPS) is 10.9. The van der Waals surface area contributed by atoms with Crippen molar-refractivity contribution in [1.29, 1.82) is 0 Å². The molecular formula is C12H23N3S. The summed E-state index contributed by atoms with van der Waals surface area (Å²) in [5.41, 5.74) is 0. The Morgan fingerprint density at radius 3 is 2.88 bits per heavy atom. The third-order valence-electron chi connectivity index (χ3n) is 2.49. The molecule has 1 aromatic rings. The minimum atomic E-state index is 1.07. The van der Waals surface area contributed by atoms with Crippen molar-refractivity contribution in [3.63, 3.8) is 0 Å². The molecule has 0 aliphatic carbocycles. The fourth-order valence-electron chi connectivity index (χ4n) is 1.51. The molecule has 0 bridgehead atoms. The Balaban J connectivity index is 1.91. The van der Waals surface area contributed by atoms with Crippen LogP contribution in [0.5, 0.6) is 0 Å². The van der Waals surface area contributed by atoms with Crippen LogP contribution in [-0.4, -0.2) is 28.4 Å². The molecule has 4 heteroatoms. The average Bonchev–Trinajstić information content (AvgIpc) is 2.68. The van der Waals surface area contributed by atoms with Crippen LogP contribution in [-0.2, 0) is 7.05 Å². The predicted molar refractivity (Wildman–Crippen MR) is 70.9 cm³/mol. The number of aromatic nitrogens is 2. The highest BCUT2D eigenvalue weighted by atomic mass is 32.2. The maximum absolute atomic E-state index is 4.27. The molecule has 0 aliphatic rings. The first kappa shape index (κ1) is 13.6. The van der Waals surface area contributed by atoms with Gasteiger partial charge in [-0.2, -0.15) is 0 Å². The van der Waals surface area contributed by atoms with E-state index in [1.807, 2.05) is 31.2 Å². The maximum Gasteiger partial charge on any atom is 0.167 e. The number of imidazole rings is 1. The van der Waals surface area contributed by atoms with Crippen molar-refractivity contribution in [2.45, 2.75) is 37.8 Å². The number of rotatable bonds is 9. The van der Waals surface area contributed by atoms with Crippen molar-refractivity contribution in [2.75, 3.05) is 18.8 Å². The van der Waals surface area contributed by atoms with E-state index >= 15 is 0 Å². The number of hydrogen-bond acceptors (Lipinski definition) is 3. The molecule has 0 saturated heterocycles. The van der Waals surface area contributed by atoms with Gasteiger partial charge in [0.2, 0.25) is 0 Å². The maximum atomic E-state index is 4.27. The number of nitrogens with one attached hydrogen (secondary N) is 1. The predicted octanol–water partition coefficient (Wildman–Crippen LogP) is 2.68. The fraction of sp³-hybridized carbons (Fsp3) is 0.750. The zero-order valence-corrected chi connectivity index (χ0v) is 11.2. The second-order valence-corrected chi connectivity index (χ2v) is 5.04. The zero-order chi connectivity index (χ0) is 11.6. The molecule has 0 saturated carbocycles. The van der Waals surface area contributed by atoms with Crippen LogP contribution < -0.4 is 5.32 Å². The molecule has 1 heterocycles. The van der Waals surface area contributed by atoms with Crippen LogP contribution >= 0.6 is 11.8 Å². The summed E-state index contributed by atoms with van der Waals surface area (Å²) in [5.74, 6) is 1.10. The van der Waals surface area contributed by atoms with E-state index in [0.29, 0.717) is 0 Å². The molecule has 0 aliphatic heterocycles. The molecule has 3 nitrogen and oxygen atoms in total. The van der Waals surface area contributed by atoms with Crippen molar-refractivity contribution in [3.8, 4) is 0 Å². The third kappa shape index (κ3) is 5.56. The van der Waals surface area contributed by atoms with Gasteiger partial charge in [-0.25, -0.2) is 4.98 Å². The lowest BCUT2D eigenvalue weighted by atomic mass is 10.2. The zero-order valence-electron chi connectivity index (χ0n) is 10.4. The van der Waals surface area contributed by atoms with Gasteiger partial charge in [-0.05, 0) is 13.0 Å². The molecule has 1 rings (SSSR count). The van der Waals surface area contributed by atoms with E-state index in [1.54, 1.807) is 0 Å². The first-order valence-corrected chi connectivity index (χ1v) is 7.14. The molecule has 0 atom stereocenters. The van der Waals surface area contributed by atoms with Gasteiger partial charge in [0.05, 0.1) is 0 Å².